The maximum atomic E-state index is 12.1. The van der Waals surface area contributed by atoms with Gasteiger partial charge in [0.2, 0.25) is 17.6 Å². The van der Waals surface area contributed by atoms with E-state index in [0.717, 1.165) is 15.8 Å². The molecule has 1 N–H and O–H groups in total. The lowest BCUT2D eigenvalue weighted by atomic mass is 10.2. The van der Waals surface area contributed by atoms with Gasteiger partial charge in [-0.15, -0.1) is 0 Å². The Labute approximate surface area is 168 Å². The molecule has 0 aliphatic rings. The lowest BCUT2D eigenvalue weighted by Crippen LogP contribution is -2.22. The predicted octanol–water partition coefficient (Wildman–Crippen LogP) is 4.60. The summed E-state index contributed by atoms with van der Waals surface area (Å²) in [4.78, 5) is 16.3. The van der Waals surface area contributed by atoms with Crippen molar-refractivity contribution >= 4 is 21.8 Å². The van der Waals surface area contributed by atoms with Crippen LogP contribution < -0.4 is 5.32 Å². The number of benzene rings is 1. The zero-order chi connectivity index (χ0) is 19.3. The van der Waals surface area contributed by atoms with Crippen LogP contribution in [0.3, 0.4) is 0 Å². The summed E-state index contributed by atoms with van der Waals surface area (Å²) < 4.78 is 17.1. The number of aryl methyl sites for hydroxylation is 1. The van der Waals surface area contributed by atoms with Crippen molar-refractivity contribution in [1.29, 1.82) is 0 Å². The fourth-order valence-electron chi connectivity index (χ4n) is 2.60. The first kappa shape index (κ1) is 18.2. The molecule has 0 unspecified atom stereocenters. The van der Waals surface area contributed by atoms with Crippen LogP contribution in [0.1, 0.15) is 18.1 Å². The zero-order valence-electron chi connectivity index (χ0n) is 14.7. The number of nitrogens with one attached hydrogen (secondary N) is 1. The molecule has 1 aromatic carbocycles. The number of furan rings is 2. The fourth-order valence-corrected chi connectivity index (χ4v) is 2.86. The molecule has 28 heavy (non-hydrogen) atoms. The van der Waals surface area contributed by atoms with Crippen LogP contribution in [-0.4, -0.2) is 16.0 Å². The van der Waals surface area contributed by atoms with Gasteiger partial charge in [0.25, 0.3) is 0 Å². The summed E-state index contributed by atoms with van der Waals surface area (Å²) in [6, 6.07) is 15.1. The molecule has 0 saturated carbocycles. The van der Waals surface area contributed by atoms with E-state index >= 15 is 0 Å². The van der Waals surface area contributed by atoms with E-state index in [-0.39, 0.29) is 12.3 Å². The third-order valence-electron chi connectivity index (χ3n) is 4.03. The molecule has 0 aliphatic carbocycles. The van der Waals surface area contributed by atoms with E-state index < -0.39 is 0 Å². The minimum atomic E-state index is -0.126. The predicted molar refractivity (Wildman–Crippen MR) is 104 cm³/mol. The summed E-state index contributed by atoms with van der Waals surface area (Å²) in [6.07, 6.45) is 2.12. The van der Waals surface area contributed by atoms with E-state index in [4.69, 9.17) is 13.4 Å². The topological polar surface area (TPSA) is 94.3 Å². The molecule has 3 heterocycles. The molecule has 1 amide bonds. The highest BCUT2D eigenvalue weighted by Gasteiger charge is 2.13. The first-order valence-electron chi connectivity index (χ1n) is 8.65. The van der Waals surface area contributed by atoms with Crippen LogP contribution in [0.4, 0.5) is 0 Å². The normalized spacial score (nSPS) is 10.9. The van der Waals surface area contributed by atoms with Crippen LogP contribution in [0.25, 0.3) is 22.9 Å². The molecule has 4 aromatic rings. The third-order valence-corrected chi connectivity index (χ3v) is 4.55. The molecule has 0 radical (unpaired) electrons. The van der Waals surface area contributed by atoms with E-state index in [9.17, 15) is 4.79 Å². The molecule has 3 aromatic heterocycles. The van der Waals surface area contributed by atoms with Gasteiger partial charge in [-0.05, 0) is 36.4 Å². The minimum Gasteiger partial charge on any atom is -0.461 e. The molecule has 0 spiro atoms. The van der Waals surface area contributed by atoms with Gasteiger partial charge in [-0.3, -0.25) is 4.79 Å². The number of halogens is 1. The van der Waals surface area contributed by atoms with Gasteiger partial charge in [0.05, 0.1) is 12.8 Å². The average molecular weight is 442 g/mol. The average Bonchev–Trinajstić information content (AvgIpc) is 3.46. The number of carbonyl (C=O) groups excluding carboxylic acids is 1. The fraction of sp³-hybridized carbons (Fsp3) is 0.150. The number of nitrogens with zero attached hydrogens (tertiary/aromatic N) is 2. The maximum absolute atomic E-state index is 12.1. The summed E-state index contributed by atoms with van der Waals surface area (Å²) >= 11 is 3.41. The molecule has 0 fully saturated rings. The van der Waals surface area contributed by atoms with Crippen molar-refractivity contribution in [3.8, 4) is 22.9 Å². The van der Waals surface area contributed by atoms with Crippen LogP contribution in [0, 0.1) is 0 Å². The van der Waals surface area contributed by atoms with Gasteiger partial charge in [0, 0.05) is 22.9 Å². The zero-order valence-corrected chi connectivity index (χ0v) is 16.3. The lowest BCUT2D eigenvalue weighted by Gasteiger charge is -2.02. The quantitative estimate of drug-likeness (QED) is 0.450. The van der Waals surface area contributed by atoms with Crippen LogP contribution >= 0.6 is 15.9 Å². The van der Waals surface area contributed by atoms with Gasteiger partial charge in [0.15, 0.2) is 5.76 Å². The number of rotatable bonds is 7. The highest BCUT2D eigenvalue weighted by molar-refractivity contribution is 9.10. The van der Waals surface area contributed by atoms with Crippen molar-refractivity contribution in [3.63, 3.8) is 0 Å². The molecule has 0 bridgehead atoms. The van der Waals surface area contributed by atoms with Crippen molar-refractivity contribution < 1.29 is 18.2 Å². The summed E-state index contributed by atoms with van der Waals surface area (Å²) in [6.45, 7) is 0.316. The molecule has 0 atom stereocenters. The SMILES string of the molecule is O=C(CCc1nc(-c2ccco2)no1)NCc1ccc(-c2ccc(Br)cc2)o1. The molecule has 8 heteroatoms. The Bertz CT molecular complexity index is 1050. The smallest absolute Gasteiger partial charge is 0.238 e. The molecule has 142 valence electrons. The Morgan fingerprint density at radius 3 is 2.71 bits per heavy atom. The molecule has 4 rings (SSSR count). The first-order chi connectivity index (χ1) is 13.7. The second kappa shape index (κ2) is 8.26. The maximum Gasteiger partial charge on any atom is 0.238 e. The van der Waals surface area contributed by atoms with Crippen molar-refractivity contribution in [1.82, 2.24) is 15.5 Å². The van der Waals surface area contributed by atoms with Crippen LogP contribution in [0.2, 0.25) is 0 Å². The Hall–Kier alpha value is -3.13. The summed E-state index contributed by atoms with van der Waals surface area (Å²) in [5.74, 6) is 2.60. The Morgan fingerprint density at radius 2 is 1.93 bits per heavy atom. The Balaban J connectivity index is 1.26. The largest absolute Gasteiger partial charge is 0.461 e. The van der Waals surface area contributed by atoms with E-state index in [2.05, 4.69) is 31.4 Å². The van der Waals surface area contributed by atoms with Crippen molar-refractivity contribution in [2.75, 3.05) is 0 Å². The molecular formula is C20H16BrN3O4. The number of amides is 1. The standard InChI is InChI=1S/C20H16BrN3O4/c21-14-5-3-13(4-6-14)16-8-7-15(27-16)12-22-18(25)9-10-19-23-20(24-28-19)17-2-1-11-26-17/h1-8,11H,9-10,12H2,(H,22,25). The number of hydrogen-bond donors (Lipinski definition) is 1. The number of carbonyl (C=O) groups is 1. The van der Waals surface area contributed by atoms with Gasteiger partial charge in [-0.1, -0.05) is 33.2 Å². The van der Waals surface area contributed by atoms with E-state index in [1.54, 1.807) is 12.1 Å². The number of aromatic nitrogens is 2. The molecule has 0 aliphatic heterocycles. The molecular weight excluding hydrogens is 426 g/mol. The van der Waals surface area contributed by atoms with E-state index in [1.807, 2.05) is 36.4 Å². The Kier molecular flexibility index (Phi) is 5.38. The van der Waals surface area contributed by atoms with Crippen LogP contribution in [-0.2, 0) is 17.8 Å². The summed E-state index contributed by atoms with van der Waals surface area (Å²) in [5.41, 5.74) is 0.976. The van der Waals surface area contributed by atoms with E-state index in [0.29, 0.717) is 36.2 Å². The van der Waals surface area contributed by atoms with Crippen molar-refractivity contribution in [2.24, 2.45) is 0 Å². The van der Waals surface area contributed by atoms with Gasteiger partial charge in [-0.25, -0.2) is 0 Å². The van der Waals surface area contributed by atoms with Crippen LogP contribution in [0.5, 0.6) is 0 Å². The second-order valence-electron chi connectivity index (χ2n) is 6.04. The number of hydrogen-bond acceptors (Lipinski definition) is 6. The first-order valence-corrected chi connectivity index (χ1v) is 9.44. The van der Waals surface area contributed by atoms with Crippen molar-refractivity contribution in [3.05, 3.63) is 70.9 Å². The second-order valence-corrected chi connectivity index (χ2v) is 6.95. The Morgan fingerprint density at radius 1 is 1.07 bits per heavy atom. The van der Waals surface area contributed by atoms with Gasteiger partial charge in [0.1, 0.15) is 11.5 Å². The van der Waals surface area contributed by atoms with Crippen LogP contribution in [0.15, 0.2) is 72.6 Å². The lowest BCUT2D eigenvalue weighted by molar-refractivity contribution is -0.121. The minimum absolute atomic E-state index is 0.126. The highest BCUT2D eigenvalue weighted by Crippen LogP contribution is 2.24. The highest BCUT2D eigenvalue weighted by atomic mass is 79.9. The summed E-state index contributed by atoms with van der Waals surface area (Å²) in [5, 5.41) is 6.67. The van der Waals surface area contributed by atoms with Crippen molar-refractivity contribution in [2.45, 2.75) is 19.4 Å². The van der Waals surface area contributed by atoms with Gasteiger partial charge >= 0.3 is 0 Å². The molecule has 7 nitrogen and oxygen atoms in total. The monoisotopic (exact) mass is 441 g/mol. The van der Waals surface area contributed by atoms with Gasteiger partial charge < -0.3 is 18.7 Å². The van der Waals surface area contributed by atoms with Gasteiger partial charge in [-0.2, -0.15) is 4.98 Å². The molecule has 0 saturated heterocycles. The summed E-state index contributed by atoms with van der Waals surface area (Å²) in [7, 11) is 0. The third kappa shape index (κ3) is 4.40. The van der Waals surface area contributed by atoms with E-state index in [1.165, 1.54) is 6.26 Å².